The van der Waals surface area contributed by atoms with E-state index < -0.39 is 28.0 Å². The van der Waals surface area contributed by atoms with Crippen LogP contribution in [0.15, 0.2) is 23.1 Å². The maximum Gasteiger partial charge on any atom is 0.322 e. The zero-order valence-corrected chi connectivity index (χ0v) is 14.1. The van der Waals surface area contributed by atoms with Crippen LogP contribution in [0.1, 0.15) is 26.3 Å². The Kier molecular flexibility index (Phi) is 4.76. The maximum atomic E-state index is 12.4. The van der Waals surface area contributed by atoms with Crippen molar-refractivity contribution < 1.29 is 23.1 Å². The third-order valence-electron chi connectivity index (χ3n) is 3.86. The molecule has 1 aromatic carbocycles. The fourth-order valence-electron chi connectivity index (χ4n) is 2.56. The van der Waals surface area contributed by atoms with Crippen molar-refractivity contribution in [3.8, 4) is 0 Å². The molecule has 1 atom stereocenters. The van der Waals surface area contributed by atoms with Crippen LogP contribution >= 0.6 is 0 Å². The summed E-state index contributed by atoms with van der Waals surface area (Å²) in [5.41, 5.74) is 1.47. The summed E-state index contributed by atoms with van der Waals surface area (Å²) < 4.78 is 27.1. The van der Waals surface area contributed by atoms with Gasteiger partial charge in [-0.15, -0.1) is 0 Å². The number of carboxylic acids is 1. The smallest absolute Gasteiger partial charge is 0.322 e. The van der Waals surface area contributed by atoms with Gasteiger partial charge < -0.3 is 10.0 Å². The van der Waals surface area contributed by atoms with E-state index in [4.69, 9.17) is 5.11 Å². The summed E-state index contributed by atoms with van der Waals surface area (Å²) in [5, 5.41) is 9.14. The topological polar surface area (TPSA) is 104 Å². The van der Waals surface area contributed by atoms with E-state index in [9.17, 15) is 18.0 Å². The van der Waals surface area contributed by atoms with Gasteiger partial charge in [0.15, 0.2) is 0 Å². The monoisotopic (exact) mass is 340 g/mol. The molecule has 0 saturated heterocycles. The summed E-state index contributed by atoms with van der Waals surface area (Å²) in [7, 11) is -3.99. The molecule has 0 radical (unpaired) electrons. The summed E-state index contributed by atoms with van der Waals surface area (Å²) >= 11 is 0. The number of anilines is 1. The van der Waals surface area contributed by atoms with Crippen LogP contribution in [0.4, 0.5) is 5.69 Å². The molecule has 1 amide bonds. The fraction of sp³-hybridized carbons (Fsp3) is 0.467. The van der Waals surface area contributed by atoms with Gasteiger partial charge in [0, 0.05) is 19.2 Å². The number of hydrogen-bond acceptors (Lipinski definition) is 4. The fourth-order valence-corrected chi connectivity index (χ4v) is 3.92. The van der Waals surface area contributed by atoms with Gasteiger partial charge in [0.25, 0.3) is 0 Å². The Morgan fingerprint density at radius 2 is 1.96 bits per heavy atom. The van der Waals surface area contributed by atoms with Crippen molar-refractivity contribution in [2.75, 3.05) is 11.4 Å². The Labute approximate surface area is 135 Å². The molecule has 0 spiro atoms. The number of fused-ring (bicyclic) bond motifs is 1. The van der Waals surface area contributed by atoms with Gasteiger partial charge >= 0.3 is 5.97 Å². The number of carbonyl (C=O) groups is 2. The van der Waals surface area contributed by atoms with Gasteiger partial charge in [-0.25, -0.2) is 8.42 Å². The lowest BCUT2D eigenvalue weighted by Crippen LogP contribution is -2.44. The molecule has 126 valence electrons. The summed E-state index contributed by atoms with van der Waals surface area (Å²) in [6.07, 6.45) is 0.673. The lowest BCUT2D eigenvalue weighted by atomic mass is 10.1. The lowest BCUT2D eigenvalue weighted by Gasteiger charge is -2.19. The number of aliphatic carboxylic acids is 1. The Bertz CT molecular complexity index is 742. The second-order valence-corrected chi connectivity index (χ2v) is 7.61. The van der Waals surface area contributed by atoms with Crippen molar-refractivity contribution in [2.45, 2.75) is 38.1 Å². The van der Waals surface area contributed by atoms with E-state index in [0.717, 1.165) is 5.56 Å². The molecule has 8 heteroatoms. The van der Waals surface area contributed by atoms with Crippen molar-refractivity contribution in [2.24, 2.45) is 5.92 Å². The number of sulfonamides is 1. The molecule has 0 bridgehead atoms. The van der Waals surface area contributed by atoms with Gasteiger partial charge in [-0.05, 0) is 30.0 Å². The Hall–Kier alpha value is -1.93. The zero-order chi connectivity index (χ0) is 17.4. The van der Waals surface area contributed by atoms with E-state index in [1.54, 1.807) is 19.9 Å². The van der Waals surface area contributed by atoms with E-state index in [1.165, 1.54) is 24.0 Å². The largest absolute Gasteiger partial charge is 0.480 e. The molecular weight excluding hydrogens is 320 g/mol. The molecule has 1 heterocycles. The molecule has 0 aromatic heterocycles. The minimum Gasteiger partial charge on any atom is -0.480 e. The van der Waals surface area contributed by atoms with E-state index in [0.29, 0.717) is 18.7 Å². The minimum absolute atomic E-state index is 0.0451. The van der Waals surface area contributed by atoms with E-state index in [2.05, 4.69) is 4.72 Å². The summed E-state index contributed by atoms with van der Waals surface area (Å²) in [6, 6.07) is 3.31. The van der Waals surface area contributed by atoms with Crippen molar-refractivity contribution in [3.05, 3.63) is 23.8 Å². The minimum atomic E-state index is -3.99. The molecule has 0 saturated carbocycles. The van der Waals surface area contributed by atoms with Gasteiger partial charge in [-0.3, -0.25) is 9.59 Å². The van der Waals surface area contributed by atoms with Crippen LogP contribution in [0, 0.1) is 5.92 Å². The average molecular weight is 340 g/mol. The molecule has 1 aliphatic rings. The van der Waals surface area contributed by atoms with Gasteiger partial charge in [0.2, 0.25) is 15.9 Å². The van der Waals surface area contributed by atoms with Crippen molar-refractivity contribution in [1.29, 1.82) is 0 Å². The predicted octanol–water partition coefficient (Wildman–Crippen LogP) is 0.983. The Balaban J connectivity index is 2.36. The molecular formula is C15H20N2O5S. The molecule has 1 unspecified atom stereocenters. The van der Waals surface area contributed by atoms with Crippen LogP contribution in [-0.4, -0.2) is 38.0 Å². The second-order valence-electron chi connectivity index (χ2n) is 5.89. The summed E-state index contributed by atoms with van der Waals surface area (Å²) in [4.78, 5) is 24.3. The Morgan fingerprint density at radius 3 is 2.48 bits per heavy atom. The predicted molar refractivity (Wildman–Crippen MR) is 84.8 cm³/mol. The molecule has 2 rings (SSSR count). The first-order valence-electron chi connectivity index (χ1n) is 7.29. The first-order valence-corrected chi connectivity index (χ1v) is 8.78. The summed E-state index contributed by atoms with van der Waals surface area (Å²) in [5.74, 6) is -1.78. The average Bonchev–Trinajstić information content (AvgIpc) is 2.87. The quantitative estimate of drug-likeness (QED) is 0.832. The third-order valence-corrected chi connectivity index (χ3v) is 5.30. The summed E-state index contributed by atoms with van der Waals surface area (Å²) in [6.45, 7) is 5.20. The molecule has 2 N–H and O–H groups in total. The van der Waals surface area contributed by atoms with Crippen molar-refractivity contribution >= 4 is 27.6 Å². The third kappa shape index (κ3) is 3.53. The van der Waals surface area contributed by atoms with Crippen LogP contribution in [0.25, 0.3) is 0 Å². The first kappa shape index (κ1) is 17.4. The van der Waals surface area contributed by atoms with E-state index >= 15 is 0 Å². The second kappa shape index (κ2) is 6.29. The number of amides is 1. The van der Waals surface area contributed by atoms with Crippen molar-refractivity contribution in [3.63, 3.8) is 0 Å². The number of benzene rings is 1. The van der Waals surface area contributed by atoms with E-state index in [1.807, 2.05) is 0 Å². The van der Waals surface area contributed by atoms with Gasteiger partial charge in [-0.2, -0.15) is 4.72 Å². The van der Waals surface area contributed by atoms with Gasteiger partial charge in [0.05, 0.1) is 4.90 Å². The van der Waals surface area contributed by atoms with Crippen LogP contribution in [0.5, 0.6) is 0 Å². The van der Waals surface area contributed by atoms with Crippen molar-refractivity contribution in [1.82, 2.24) is 4.72 Å². The molecule has 7 nitrogen and oxygen atoms in total. The normalized spacial score (nSPS) is 15.6. The number of nitrogens with zero attached hydrogens (tertiary/aromatic N) is 1. The van der Waals surface area contributed by atoms with Gasteiger partial charge in [-0.1, -0.05) is 19.9 Å². The van der Waals surface area contributed by atoms with Crippen LogP contribution < -0.4 is 9.62 Å². The highest BCUT2D eigenvalue weighted by Gasteiger charge is 2.30. The molecule has 0 fully saturated rings. The highest BCUT2D eigenvalue weighted by Crippen LogP contribution is 2.30. The molecule has 1 aromatic rings. The molecule has 0 aliphatic carbocycles. The number of hydrogen-bond donors (Lipinski definition) is 2. The van der Waals surface area contributed by atoms with Gasteiger partial charge in [0.1, 0.15) is 6.04 Å². The SMILES string of the molecule is CC(=O)N1CCc2ccc(S(=O)(=O)NC(C(=O)O)C(C)C)cc21. The van der Waals surface area contributed by atoms with E-state index in [-0.39, 0.29) is 10.8 Å². The standard InChI is InChI=1S/C15H20N2O5S/c1-9(2)14(15(19)20)16-23(21,22)12-5-4-11-6-7-17(10(3)18)13(11)8-12/h4-5,8-9,14,16H,6-7H2,1-3H3,(H,19,20). The van der Waals surface area contributed by atoms with Crippen LogP contribution in [0.3, 0.4) is 0 Å². The lowest BCUT2D eigenvalue weighted by molar-refractivity contribution is -0.140. The molecule has 1 aliphatic heterocycles. The van der Waals surface area contributed by atoms with Crippen LogP contribution in [0.2, 0.25) is 0 Å². The highest BCUT2D eigenvalue weighted by atomic mass is 32.2. The number of rotatable bonds is 5. The zero-order valence-electron chi connectivity index (χ0n) is 13.2. The number of carboxylic acid groups (broad SMARTS) is 1. The highest BCUT2D eigenvalue weighted by molar-refractivity contribution is 7.89. The maximum absolute atomic E-state index is 12.4. The Morgan fingerprint density at radius 1 is 1.30 bits per heavy atom. The van der Waals surface area contributed by atoms with Crippen LogP contribution in [-0.2, 0) is 26.0 Å². The first-order chi connectivity index (χ1) is 10.6. The number of nitrogens with one attached hydrogen (secondary N) is 1. The molecule has 23 heavy (non-hydrogen) atoms. The number of carbonyl (C=O) groups excluding carboxylic acids is 1.